The van der Waals surface area contributed by atoms with Crippen LogP contribution in [-0.2, 0) is 20.8 Å². The van der Waals surface area contributed by atoms with Crippen molar-refractivity contribution in [1.29, 1.82) is 0 Å². The highest BCUT2D eigenvalue weighted by atomic mass is 16.5. The van der Waals surface area contributed by atoms with E-state index in [-0.39, 0.29) is 35.8 Å². The van der Waals surface area contributed by atoms with E-state index in [9.17, 15) is 14.4 Å². The number of anilines is 1. The third kappa shape index (κ3) is 3.20. The SMILES string of the molecule is O=C(Cc1ccccc1)Oc1ccccc1N1C(=O)[C@H]2C3c4ccccc4C(c4ccccc43)[C@@H]2C1=O. The Morgan fingerprint density at radius 1 is 0.622 bits per heavy atom. The van der Waals surface area contributed by atoms with Crippen LogP contribution < -0.4 is 9.64 Å². The molecule has 1 saturated heterocycles. The molecule has 3 aliphatic carbocycles. The molecule has 1 fully saturated rings. The lowest BCUT2D eigenvalue weighted by molar-refractivity contribution is -0.134. The van der Waals surface area contributed by atoms with E-state index in [0.29, 0.717) is 5.69 Å². The molecule has 4 aliphatic rings. The van der Waals surface area contributed by atoms with E-state index in [4.69, 9.17) is 4.74 Å². The van der Waals surface area contributed by atoms with Crippen molar-refractivity contribution in [2.75, 3.05) is 4.90 Å². The monoisotopic (exact) mass is 485 g/mol. The lowest BCUT2D eigenvalue weighted by atomic mass is 9.55. The van der Waals surface area contributed by atoms with E-state index in [1.54, 1.807) is 24.3 Å². The zero-order valence-electron chi connectivity index (χ0n) is 19.9. The van der Waals surface area contributed by atoms with Gasteiger partial charge in [0.05, 0.1) is 23.9 Å². The molecule has 5 nitrogen and oxygen atoms in total. The summed E-state index contributed by atoms with van der Waals surface area (Å²) in [5.41, 5.74) is 5.64. The number of benzene rings is 4. The summed E-state index contributed by atoms with van der Waals surface area (Å²) in [4.78, 5) is 42.1. The van der Waals surface area contributed by atoms with Gasteiger partial charge in [-0.1, -0.05) is 91.0 Å². The molecule has 1 aliphatic heterocycles. The average molecular weight is 486 g/mol. The molecule has 8 rings (SSSR count). The van der Waals surface area contributed by atoms with Gasteiger partial charge in [0.15, 0.2) is 5.75 Å². The van der Waals surface area contributed by atoms with E-state index in [1.807, 2.05) is 54.6 Å². The number of esters is 1. The summed E-state index contributed by atoms with van der Waals surface area (Å²) in [5, 5.41) is 0. The quantitative estimate of drug-likeness (QED) is 0.226. The molecule has 0 N–H and O–H groups in total. The molecule has 0 unspecified atom stereocenters. The van der Waals surface area contributed by atoms with Crippen molar-refractivity contribution < 1.29 is 19.1 Å². The van der Waals surface area contributed by atoms with E-state index in [1.165, 1.54) is 4.90 Å². The zero-order chi connectivity index (χ0) is 25.1. The summed E-state index contributed by atoms with van der Waals surface area (Å²) in [6.45, 7) is 0. The summed E-state index contributed by atoms with van der Waals surface area (Å²) < 4.78 is 5.72. The normalized spacial score (nSPS) is 22.9. The minimum atomic E-state index is -0.490. The Kier molecular flexibility index (Phi) is 4.86. The van der Waals surface area contributed by atoms with Crippen LogP contribution in [0.1, 0.15) is 39.7 Å². The molecule has 0 radical (unpaired) electrons. The van der Waals surface area contributed by atoms with Crippen LogP contribution in [0.3, 0.4) is 0 Å². The molecule has 0 aromatic heterocycles. The minimum absolute atomic E-state index is 0.0943. The number of carbonyl (C=O) groups excluding carboxylic acids is 3. The number of rotatable bonds is 4. The fourth-order valence-corrected chi connectivity index (χ4v) is 6.56. The molecular formula is C32H23NO4. The number of hydrogen-bond acceptors (Lipinski definition) is 4. The van der Waals surface area contributed by atoms with Crippen molar-refractivity contribution >= 4 is 23.5 Å². The van der Waals surface area contributed by atoms with Crippen LogP contribution in [0.2, 0.25) is 0 Å². The lowest BCUT2D eigenvalue weighted by Crippen LogP contribution is -2.41. The highest BCUT2D eigenvalue weighted by Crippen LogP contribution is 2.61. The number of imide groups is 1. The van der Waals surface area contributed by atoms with Gasteiger partial charge < -0.3 is 4.74 Å². The number of para-hydroxylation sites is 2. The Hall–Kier alpha value is -4.51. The highest BCUT2D eigenvalue weighted by molar-refractivity contribution is 6.24. The van der Waals surface area contributed by atoms with Gasteiger partial charge in [-0.3, -0.25) is 14.4 Å². The maximum absolute atomic E-state index is 14.1. The van der Waals surface area contributed by atoms with Crippen molar-refractivity contribution in [3.05, 3.63) is 131 Å². The second-order valence-corrected chi connectivity index (χ2v) is 9.88. The number of carbonyl (C=O) groups is 3. The van der Waals surface area contributed by atoms with Gasteiger partial charge in [0.2, 0.25) is 11.8 Å². The maximum atomic E-state index is 14.1. The van der Waals surface area contributed by atoms with E-state index < -0.39 is 17.8 Å². The molecule has 2 bridgehead atoms. The fraction of sp³-hybridized carbons (Fsp3) is 0.156. The molecule has 4 aromatic rings. The second-order valence-electron chi connectivity index (χ2n) is 9.88. The van der Waals surface area contributed by atoms with Gasteiger partial charge >= 0.3 is 5.97 Å². The Balaban J connectivity index is 1.27. The van der Waals surface area contributed by atoms with Gasteiger partial charge in [-0.25, -0.2) is 4.90 Å². The van der Waals surface area contributed by atoms with Crippen LogP contribution >= 0.6 is 0 Å². The number of nitrogens with zero attached hydrogens (tertiary/aromatic N) is 1. The zero-order valence-corrected chi connectivity index (χ0v) is 19.9. The Bertz CT molecular complexity index is 1460. The van der Waals surface area contributed by atoms with Crippen LogP contribution in [0.5, 0.6) is 5.75 Å². The summed E-state index contributed by atoms with van der Waals surface area (Å²) in [5.74, 6) is -2.05. The second kappa shape index (κ2) is 8.27. The van der Waals surface area contributed by atoms with Crippen molar-refractivity contribution in [2.24, 2.45) is 11.8 Å². The molecule has 180 valence electrons. The first-order chi connectivity index (χ1) is 18.1. The standard InChI is InChI=1S/C32H23NO4/c34-26(18-19-10-2-1-3-11-19)37-25-17-9-8-16-24(25)33-31(35)29-27-20-12-4-5-13-21(20)28(30(29)32(33)36)23-15-7-6-14-22(23)27/h1-17,27-30H,18H2/t27?,28?,29-,30-/m0/s1. The van der Waals surface area contributed by atoms with Crippen LogP contribution in [0.15, 0.2) is 103 Å². The number of amides is 2. The van der Waals surface area contributed by atoms with E-state index in [0.717, 1.165) is 27.8 Å². The van der Waals surface area contributed by atoms with Gasteiger partial charge in [-0.15, -0.1) is 0 Å². The minimum Gasteiger partial charge on any atom is -0.424 e. The first-order valence-electron chi connectivity index (χ1n) is 12.5. The van der Waals surface area contributed by atoms with Gasteiger partial charge in [-0.05, 0) is 39.9 Å². The topological polar surface area (TPSA) is 63.7 Å². The van der Waals surface area contributed by atoms with Crippen LogP contribution in [0.25, 0.3) is 0 Å². The molecule has 4 aromatic carbocycles. The average Bonchev–Trinajstić information content (AvgIpc) is 3.19. The molecule has 37 heavy (non-hydrogen) atoms. The van der Waals surface area contributed by atoms with Gasteiger partial charge in [0.1, 0.15) is 0 Å². The van der Waals surface area contributed by atoms with Crippen LogP contribution in [0.4, 0.5) is 5.69 Å². The highest BCUT2D eigenvalue weighted by Gasteiger charge is 2.62. The smallest absolute Gasteiger partial charge is 0.315 e. The molecule has 2 atom stereocenters. The van der Waals surface area contributed by atoms with Crippen LogP contribution in [0, 0.1) is 11.8 Å². The van der Waals surface area contributed by atoms with Crippen molar-refractivity contribution in [2.45, 2.75) is 18.3 Å². The molecule has 2 amide bonds. The van der Waals surface area contributed by atoms with E-state index >= 15 is 0 Å². The molecule has 5 heteroatoms. The summed E-state index contributed by atoms with van der Waals surface area (Å²) in [6.07, 6.45) is 0.0943. The van der Waals surface area contributed by atoms with E-state index in [2.05, 4.69) is 24.3 Å². The third-order valence-corrected chi connectivity index (χ3v) is 7.97. The van der Waals surface area contributed by atoms with Gasteiger partial charge in [0, 0.05) is 11.8 Å². The summed E-state index contributed by atoms with van der Waals surface area (Å²) in [6, 6.07) is 32.5. The van der Waals surface area contributed by atoms with Gasteiger partial charge in [0.25, 0.3) is 0 Å². The predicted octanol–water partition coefficient (Wildman–Crippen LogP) is 5.23. The van der Waals surface area contributed by atoms with Crippen molar-refractivity contribution in [3.63, 3.8) is 0 Å². The first kappa shape index (κ1) is 21.7. The van der Waals surface area contributed by atoms with Crippen LogP contribution in [-0.4, -0.2) is 17.8 Å². The Labute approximate surface area is 214 Å². The lowest BCUT2D eigenvalue weighted by Gasteiger charge is -2.45. The Morgan fingerprint density at radius 3 is 1.62 bits per heavy atom. The van der Waals surface area contributed by atoms with Crippen molar-refractivity contribution in [1.82, 2.24) is 0 Å². The molecule has 0 spiro atoms. The largest absolute Gasteiger partial charge is 0.424 e. The number of hydrogen-bond donors (Lipinski definition) is 0. The molecule has 0 saturated carbocycles. The molecular weight excluding hydrogens is 462 g/mol. The molecule has 1 heterocycles. The van der Waals surface area contributed by atoms with Gasteiger partial charge in [-0.2, -0.15) is 0 Å². The Morgan fingerprint density at radius 2 is 1.08 bits per heavy atom. The number of ether oxygens (including phenoxy) is 1. The first-order valence-corrected chi connectivity index (χ1v) is 12.5. The van der Waals surface area contributed by atoms with Crippen molar-refractivity contribution in [3.8, 4) is 5.75 Å². The third-order valence-electron chi connectivity index (χ3n) is 7.97. The predicted molar refractivity (Wildman–Crippen MR) is 138 cm³/mol. The fourth-order valence-electron chi connectivity index (χ4n) is 6.56. The maximum Gasteiger partial charge on any atom is 0.315 e. The summed E-state index contributed by atoms with van der Waals surface area (Å²) >= 11 is 0. The summed E-state index contributed by atoms with van der Waals surface area (Å²) in [7, 11) is 0.